The van der Waals surface area contributed by atoms with E-state index in [-0.39, 0.29) is 0 Å². The van der Waals surface area contributed by atoms with Crippen LogP contribution >= 0.6 is 11.6 Å². The maximum atomic E-state index is 10.6. The van der Waals surface area contributed by atoms with Crippen LogP contribution in [0.1, 0.15) is 44.0 Å². The number of nitrogens with zero attached hydrogens (tertiary/aromatic N) is 2. The monoisotopic (exact) mass is 286 g/mol. The van der Waals surface area contributed by atoms with Crippen molar-refractivity contribution >= 4 is 11.6 Å². The summed E-state index contributed by atoms with van der Waals surface area (Å²) in [5, 5.41) is 15.6. The van der Waals surface area contributed by atoms with E-state index >= 15 is 0 Å². The fourth-order valence-electron chi connectivity index (χ4n) is 3.11. The minimum absolute atomic E-state index is 0.393. The summed E-state index contributed by atoms with van der Waals surface area (Å²) < 4.78 is 7.65. The van der Waals surface area contributed by atoms with Crippen LogP contribution in [0, 0.1) is 6.92 Å². The van der Waals surface area contributed by atoms with Gasteiger partial charge in [0.05, 0.1) is 28.1 Å². The average Bonchev–Trinajstić information content (AvgIpc) is 2.92. The number of hydrogen-bond donors (Lipinski definition) is 1. The van der Waals surface area contributed by atoms with Crippen molar-refractivity contribution in [2.24, 2.45) is 7.05 Å². The van der Waals surface area contributed by atoms with Crippen LogP contribution in [-0.4, -0.2) is 33.2 Å². The van der Waals surface area contributed by atoms with Gasteiger partial charge in [-0.3, -0.25) is 4.68 Å². The third kappa shape index (κ3) is 2.81. The molecular formula is C14H23ClN2O2. The lowest BCUT2D eigenvalue weighted by Gasteiger charge is -2.34. The molecule has 19 heavy (non-hydrogen) atoms. The Bertz CT molecular complexity index is 439. The molecular weight excluding hydrogens is 264 g/mol. The van der Waals surface area contributed by atoms with Gasteiger partial charge in [0.2, 0.25) is 0 Å². The van der Waals surface area contributed by atoms with Crippen molar-refractivity contribution in [2.45, 2.75) is 57.7 Å². The summed E-state index contributed by atoms with van der Waals surface area (Å²) in [4.78, 5) is 0. The molecule has 2 rings (SSSR count). The topological polar surface area (TPSA) is 47.3 Å². The highest BCUT2D eigenvalue weighted by Crippen LogP contribution is 2.38. The molecule has 1 aliphatic rings. The molecule has 5 heteroatoms. The van der Waals surface area contributed by atoms with E-state index in [2.05, 4.69) is 5.10 Å². The first-order valence-electron chi connectivity index (χ1n) is 7.00. The van der Waals surface area contributed by atoms with E-state index in [9.17, 15) is 5.11 Å². The summed E-state index contributed by atoms with van der Waals surface area (Å²) in [6, 6.07) is 0. The summed E-state index contributed by atoms with van der Waals surface area (Å²) in [6.45, 7) is 4.50. The van der Waals surface area contributed by atoms with Gasteiger partial charge in [-0.2, -0.15) is 5.10 Å². The van der Waals surface area contributed by atoms with E-state index in [0.717, 1.165) is 37.1 Å². The summed E-state index contributed by atoms with van der Waals surface area (Å²) in [5.74, 6) is 0. The Morgan fingerprint density at radius 1 is 1.47 bits per heavy atom. The van der Waals surface area contributed by atoms with E-state index in [1.165, 1.54) is 0 Å². The standard InChI is InChI=1S/C14H23ClN2O2/c1-4-19-14(7-5-6-8-14)12(18)9-11-13(15)10(2)16-17(11)3/h12,18H,4-9H2,1-3H3. The molecule has 1 aromatic heterocycles. The molecule has 0 aromatic carbocycles. The van der Waals surface area contributed by atoms with Gasteiger partial charge in [-0.15, -0.1) is 0 Å². The number of rotatable bonds is 5. The Labute approximate surface area is 119 Å². The molecule has 0 bridgehead atoms. The number of aliphatic hydroxyl groups excluding tert-OH is 1. The molecule has 1 aromatic rings. The lowest BCUT2D eigenvalue weighted by Crippen LogP contribution is -2.44. The minimum Gasteiger partial charge on any atom is -0.390 e. The zero-order chi connectivity index (χ0) is 14.0. The van der Waals surface area contributed by atoms with Gasteiger partial charge in [0.15, 0.2) is 0 Å². The van der Waals surface area contributed by atoms with E-state index < -0.39 is 11.7 Å². The molecule has 0 radical (unpaired) electrons. The fraction of sp³-hybridized carbons (Fsp3) is 0.786. The zero-order valence-electron chi connectivity index (χ0n) is 11.9. The Hall–Kier alpha value is -0.580. The molecule has 1 unspecified atom stereocenters. The van der Waals surface area contributed by atoms with Crippen LogP contribution in [0.25, 0.3) is 0 Å². The van der Waals surface area contributed by atoms with E-state index in [1.807, 2.05) is 20.9 Å². The first kappa shape index (κ1) is 14.8. The first-order valence-corrected chi connectivity index (χ1v) is 7.38. The van der Waals surface area contributed by atoms with E-state index in [0.29, 0.717) is 18.1 Å². The van der Waals surface area contributed by atoms with Crippen molar-refractivity contribution in [1.82, 2.24) is 9.78 Å². The number of halogens is 1. The quantitative estimate of drug-likeness (QED) is 0.905. The maximum Gasteiger partial charge on any atom is 0.0943 e. The van der Waals surface area contributed by atoms with Gasteiger partial charge >= 0.3 is 0 Å². The summed E-state index contributed by atoms with van der Waals surface area (Å²) in [5.41, 5.74) is 1.30. The van der Waals surface area contributed by atoms with Gasteiger partial charge in [-0.1, -0.05) is 24.4 Å². The highest BCUT2D eigenvalue weighted by Gasteiger charge is 2.42. The second kappa shape index (κ2) is 5.81. The fourth-order valence-corrected chi connectivity index (χ4v) is 3.34. The van der Waals surface area contributed by atoms with Gasteiger partial charge < -0.3 is 9.84 Å². The summed E-state index contributed by atoms with van der Waals surface area (Å²) in [7, 11) is 1.86. The largest absolute Gasteiger partial charge is 0.390 e. The molecule has 1 heterocycles. The smallest absolute Gasteiger partial charge is 0.0943 e. The number of ether oxygens (including phenoxy) is 1. The van der Waals surface area contributed by atoms with Crippen LogP contribution in [0.4, 0.5) is 0 Å². The van der Waals surface area contributed by atoms with Crippen molar-refractivity contribution < 1.29 is 9.84 Å². The summed E-state index contributed by atoms with van der Waals surface area (Å²) in [6.07, 6.45) is 4.07. The van der Waals surface area contributed by atoms with E-state index in [1.54, 1.807) is 4.68 Å². The molecule has 0 saturated heterocycles. The van der Waals surface area contributed by atoms with Crippen LogP contribution in [0.15, 0.2) is 0 Å². The lowest BCUT2D eigenvalue weighted by atomic mass is 9.91. The molecule has 4 nitrogen and oxygen atoms in total. The van der Waals surface area contributed by atoms with Crippen molar-refractivity contribution in [1.29, 1.82) is 0 Å². The average molecular weight is 287 g/mol. The molecule has 0 amide bonds. The minimum atomic E-state index is -0.526. The molecule has 0 spiro atoms. The normalized spacial score (nSPS) is 19.8. The first-order chi connectivity index (χ1) is 9.00. The second-order valence-corrected chi connectivity index (χ2v) is 5.77. The Kier molecular flexibility index (Phi) is 4.54. The van der Waals surface area contributed by atoms with Crippen LogP contribution < -0.4 is 0 Å². The molecule has 1 fully saturated rings. The Balaban J connectivity index is 2.17. The molecule has 1 atom stereocenters. The van der Waals surface area contributed by atoms with Crippen molar-refractivity contribution in [2.75, 3.05) is 6.61 Å². The van der Waals surface area contributed by atoms with Gasteiger partial charge in [0.1, 0.15) is 0 Å². The Morgan fingerprint density at radius 2 is 2.11 bits per heavy atom. The third-order valence-corrected chi connectivity index (χ3v) is 4.63. The van der Waals surface area contributed by atoms with Gasteiger partial charge in [0, 0.05) is 20.1 Å². The zero-order valence-corrected chi connectivity index (χ0v) is 12.7. The third-order valence-electron chi connectivity index (χ3n) is 4.14. The Morgan fingerprint density at radius 3 is 2.58 bits per heavy atom. The number of aliphatic hydroxyl groups is 1. The van der Waals surface area contributed by atoms with Crippen molar-refractivity contribution in [3.05, 3.63) is 16.4 Å². The lowest BCUT2D eigenvalue weighted by molar-refractivity contribution is -0.116. The van der Waals surface area contributed by atoms with Crippen molar-refractivity contribution in [3.63, 3.8) is 0 Å². The van der Waals surface area contributed by atoms with Gasteiger partial charge in [0.25, 0.3) is 0 Å². The summed E-state index contributed by atoms with van der Waals surface area (Å²) >= 11 is 6.25. The maximum absolute atomic E-state index is 10.6. The van der Waals surface area contributed by atoms with Crippen LogP contribution in [0.2, 0.25) is 5.02 Å². The highest BCUT2D eigenvalue weighted by atomic mass is 35.5. The molecule has 1 saturated carbocycles. The SMILES string of the molecule is CCOC1(C(O)Cc2c(Cl)c(C)nn2C)CCCC1. The number of hydrogen-bond acceptors (Lipinski definition) is 3. The second-order valence-electron chi connectivity index (χ2n) is 5.39. The number of aryl methyl sites for hydroxylation is 2. The van der Waals surface area contributed by atoms with Crippen LogP contribution in [-0.2, 0) is 18.2 Å². The predicted molar refractivity (Wildman–Crippen MR) is 75.5 cm³/mol. The van der Waals surface area contributed by atoms with Crippen molar-refractivity contribution in [3.8, 4) is 0 Å². The highest BCUT2D eigenvalue weighted by molar-refractivity contribution is 6.31. The molecule has 1 N–H and O–H groups in total. The van der Waals surface area contributed by atoms with Crippen LogP contribution in [0.5, 0.6) is 0 Å². The molecule has 0 aliphatic heterocycles. The van der Waals surface area contributed by atoms with Gasteiger partial charge in [-0.25, -0.2) is 0 Å². The van der Waals surface area contributed by atoms with E-state index in [4.69, 9.17) is 16.3 Å². The van der Waals surface area contributed by atoms with Crippen LogP contribution in [0.3, 0.4) is 0 Å². The van der Waals surface area contributed by atoms with Gasteiger partial charge in [-0.05, 0) is 26.7 Å². The number of aromatic nitrogens is 2. The predicted octanol–water partition coefficient (Wildman–Crippen LogP) is 2.63. The molecule has 108 valence electrons. The molecule has 1 aliphatic carbocycles.